The maximum Gasteiger partial charge on any atom is 0.240 e. The van der Waals surface area contributed by atoms with E-state index < -0.39 is 10.0 Å². The molecular weight excluding hydrogens is 324 g/mol. The Morgan fingerprint density at radius 1 is 1.12 bits per heavy atom. The van der Waals surface area contributed by atoms with Crippen LogP contribution in [0, 0.1) is 17.8 Å². The molecule has 2 saturated carbocycles. The second-order valence-electron chi connectivity index (χ2n) is 7.43. The number of carbonyl (C=O) groups excluding carboxylic acids is 1. The average Bonchev–Trinajstić information content (AvgIpc) is 3.30. The van der Waals surface area contributed by atoms with Gasteiger partial charge in [-0.1, -0.05) is 6.42 Å². The number of nitrogens with one attached hydrogen (secondary N) is 1. The lowest BCUT2D eigenvalue weighted by Crippen LogP contribution is -2.31. The van der Waals surface area contributed by atoms with Crippen LogP contribution in [-0.2, 0) is 14.8 Å². The average molecular weight is 348 g/mol. The number of sulfonamides is 1. The highest BCUT2D eigenvalue weighted by molar-refractivity contribution is 7.89. The molecule has 3 fully saturated rings. The summed E-state index contributed by atoms with van der Waals surface area (Å²) in [7, 11) is -3.47. The fourth-order valence-electron chi connectivity index (χ4n) is 4.65. The number of hydrogen-bond acceptors (Lipinski definition) is 3. The van der Waals surface area contributed by atoms with E-state index in [1.165, 1.54) is 25.7 Å². The van der Waals surface area contributed by atoms with E-state index in [1.54, 1.807) is 29.2 Å². The van der Waals surface area contributed by atoms with Gasteiger partial charge in [-0.25, -0.2) is 13.1 Å². The first-order chi connectivity index (χ1) is 11.5. The van der Waals surface area contributed by atoms with Crippen LogP contribution in [0.1, 0.15) is 38.5 Å². The summed E-state index contributed by atoms with van der Waals surface area (Å²) in [5, 5.41) is 0. The van der Waals surface area contributed by atoms with Gasteiger partial charge in [0.15, 0.2) is 0 Å². The summed E-state index contributed by atoms with van der Waals surface area (Å²) in [5.74, 6) is 2.14. The zero-order valence-corrected chi connectivity index (χ0v) is 14.6. The molecule has 0 aromatic heterocycles. The van der Waals surface area contributed by atoms with E-state index in [4.69, 9.17) is 0 Å². The van der Waals surface area contributed by atoms with Crippen LogP contribution in [0.25, 0.3) is 0 Å². The van der Waals surface area contributed by atoms with Gasteiger partial charge in [0.1, 0.15) is 0 Å². The number of nitrogens with zero attached hydrogens (tertiary/aromatic N) is 1. The second-order valence-corrected chi connectivity index (χ2v) is 9.20. The van der Waals surface area contributed by atoms with E-state index in [0.717, 1.165) is 18.0 Å². The molecule has 4 rings (SSSR count). The van der Waals surface area contributed by atoms with Crippen molar-refractivity contribution in [3.05, 3.63) is 24.3 Å². The fourth-order valence-corrected chi connectivity index (χ4v) is 5.75. The third-order valence-electron chi connectivity index (χ3n) is 5.95. The summed E-state index contributed by atoms with van der Waals surface area (Å²) < 4.78 is 27.8. The van der Waals surface area contributed by atoms with Gasteiger partial charge in [0.25, 0.3) is 0 Å². The zero-order valence-electron chi connectivity index (χ0n) is 13.8. The Morgan fingerprint density at radius 2 is 1.92 bits per heavy atom. The predicted octanol–water partition coefficient (Wildman–Crippen LogP) is 2.53. The van der Waals surface area contributed by atoms with E-state index in [-0.39, 0.29) is 10.8 Å². The number of rotatable bonds is 5. The number of anilines is 1. The summed E-state index contributed by atoms with van der Waals surface area (Å²) in [4.78, 5) is 13.8. The van der Waals surface area contributed by atoms with Crippen LogP contribution in [0.4, 0.5) is 5.69 Å². The van der Waals surface area contributed by atoms with Gasteiger partial charge in [-0.3, -0.25) is 4.79 Å². The normalized spacial score (nSPS) is 29.6. The van der Waals surface area contributed by atoms with Gasteiger partial charge in [0.2, 0.25) is 15.9 Å². The summed E-state index contributed by atoms with van der Waals surface area (Å²) in [6.45, 7) is 1.27. The molecular formula is C18H24N2O3S. The molecule has 0 radical (unpaired) electrons. The second kappa shape index (κ2) is 6.15. The molecule has 24 heavy (non-hydrogen) atoms. The Balaban J connectivity index is 1.41. The fraction of sp³-hybridized carbons (Fsp3) is 0.611. The molecule has 3 aliphatic rings. The SMILES string of the molecule is O=C1CCCN1c1ccc(S(=O)(=O)NC[C@@H]2C[C@H]3CC[C@@H]2C3)cc1. The predicted molar refractivity (Wildman–Crippen MR) is 92.2 cm³/mol. The summed E-state index contributed by atoms with van der Waals surface area (Å²) in [5.41, 5.74) is 0.782. The smallest absolute Gasteiger partial charge is 0.240 e. The van der Waals surface area contributed by atoms with Crippen LogP contribution in [0.3, 0.4) is 0 Å². The molecule has 1 heterocycles. The van der Waals surface area contributed by atoms with Crippen molar-refractivity contribution in [3.8, 4) is 0 Å². The maximum absolute atomic E-state index is 12.5. The van der Waals surface area contributed by atoms with Crippen molar-refractivity contribution in [2.24, 2.45) is 17.8 Å². The minimum atomic E-state index is -3.47. The van der Waals surface area contributed by atoms with Gasteiger partial charge in [-0.2, -0.15) is 0 Å². The minimum Gasteiger partial charge on any atom is -0.312 e. The van der Waals surface area contributed by atoms with E-state index in [2.05, 4.69) is 4.72 Å². The van der Waals surface area contributed by atoms with E-state index in [9.17, 15) is 13.2 Å². The lowest BCUT2D eigenvalue weighted by molar-refractivity contribution is -0.117. The first kappa shape index (κ1) is 16.1. The molecule has 1 N–H and O–H groups in total. The van der Waals surface area contributed by atoms with Gasteiger partial charge in [-0.05, 0) is 67.7 Å². The molecule has 3 atom stereocenters. The van der Waals surface area contributed by atoms with Crippen LogP contribution in [0.5, 0.6) is 0 Å². The number of fused-ring (bicyclic) bond motifs is 2. The summed E-state index contributed by atoms with van der Waals surface area (Å²) in [6.07, 6.45) is 6.48. The van der Waals surface area contributed by atoms with Crippen LogP contribution >= 0.6 is 0 Å². The summed E-state index contributed by atoms with van der Waals surface area (Å²) in [6, 6.07) is 6.67. The van der Waals surface area contributed by atoms with E-state index in [1.807, 2.05) is 0 Å². The highest BCUT2D eigenvalue weighted by Gasteiger charge is 2.39. The Morgan fingerprint density at radius 3 is 2.50 bits per heavy atom. The third-order valence-corrected chi connectivity index (χ3v) is 7.39. The molecule has 130 valence electrons. The van der Waals surface area contributed by atoms with E-state index >= 15 is 0 Å². The van der Waals surface area contributed by atoms with Crippen molar-refractivity contribution in [3.63, 3.8) is 0 Å². The lowest BCUT2D eigenvalue weighted by atomic mass is 9.89. The molecule has 5 nitrogen and oxygen atoms in total. The monoisotopic (exact) mass is 348 g/mol. The molecule has 1 aromatic carbocycles. The molecule has 0 spiro atoms. The van der Waals surface area contributed by atoms with Crippen molar-refractivity contribution in [1.29, 1.82) is 0 Å². The highest BCUT2D eigenvalue weighted by atomic mass is 32.2. The van der Waals surface area contributed by atoms with Crippen molar-refractivity contribution in [2.75, 3.05) is 18.0 Å². The standard InChI is InChI=1S/C18H24N2O3S/c21-18-2-1-9-20(18)16-5-7-17(8-6-16)24(22,23)19-12-15-11-13-3-4-14(15)10-13/h5-8,13-15,19H,1-4,9-12H2/t13-,14+,15-/m0/s1. The van der Waals surface area contributed by atoms with Gasteiger partial charge < -0.3 is 4.90 Å². The van der Waals surface area contributed by atoms with E-state index in [0.29, 0.717) is 31.3 Å². The van der Waals surface area contributed by atoms with Crippen molar-refractivity contribution in [2.45, 2.75) is 43.4 Å². The molecule has 1 aliphatic heterocycles. The molecule has 2 bridgehead atoms. The topological polar surface area (TPSA) is 66.5 Å². The van der Waals surface area contributed by atoms with Crippen molar-refractivity contribution < 1.29 is 13.2 Å². The van der Waals surface area contributed by atoms with Crippen molar-refractivity contribution in [1.82, 2.24) is 4.72 Å². The Bertz CT molecular complexity index is 729. The Hall–Kier alpha value is -1.40. The summed E-state index contributed by atoms with van der Waals surface area (Å²) >= 11 is 0. The van der Waals surface area contributed by atoms with Crippen LogP contribution in [0.2, 0.25) is 0 Å². The highest BCUT2D eigenvalue weighted by Crippen LogP contribution is 2.48. The molecule has 1 saturated heterocycles. The molecule has 1 aromatic rings. The number of amides is 1. The van der Waals surface area contributed by atoms with Gasteiger partial charge in [0, 0.05) is 25.2 Å². The van der Waals surface area contributed by atoms with Crippen LogP contribution in [0.15, 0.2) is 29.2 Å². The van der Waals surface area contributed by atoms with Gasteiger partial charge in [-0.15, -0.1) is 0 Å². The molecule has 0 unspecified atom stereocenters. The number of carbonyl (C=O) groups is 1. The van der Waals surface area contributed by atoms with Crippen LogP contribution in [-0.4, -0.2) is 27.4 Å². The molecule has 2 aliphatic carbocycles. The largest absolute Gasteiger partial charge is 0.312 e. The minimum absolute atomic E-state index is 0.111. The lowest BCUT2D eigenvalue weighted by Gasteiger charge is -2.22. The first-order valence-corrected chi connectivity index (χ1v) is 10.4. The van der Waals surface area contributed by atoms with Gasteiger partial charge in [0.05, 0.1) is 4.90 Å². The van der Waals surface area contributed by atoms with Crippen LogP contribution < -0.4 is 9.62 Å². The zero-order chi connectivity index (χ0) is 16.7. The van der Waals surface area contributed by atoms with Gasteiger partial charge >= 0.3 is 0 Å². The number of benzene rings is 1. The quantitative estimate of drug-likeness (QED) is 0.889. The first-order valence-electron chi connectivity index (χ1n) is 8.93. The Labute approximate surface area is 143 Å². The Kier molecular flexibility index (Phi) is 4.12. The van der Waals surface area contributed by atoms with Crippen molar-refractivity contribution >= 4 is 21.6 Å². The number of hydrogen-bond donors (Lipinski definition) is 1. The molecule has 1 amide bonds. The third kappa shape index (κ3) is 2.97. The molecule has 6 heteroatoms. The maximum atomic E-state index is 12.5.